The molecule has 1 saturated heterocycles. The first-order chi connectivity index (χ1) is 9.59. The number of sulfonamides is 1. The Hall–Kier alpha value is -1.11. The molecule has 0 amide bonds. The molecule has 2 rings (SSSR count). The van der Waals surface area contributed by atoms with Gasteiger partial charge in [0.05, 0.1) is 11.5 Å². The van der Waals surface area contributed by atoms with E-state index >= 15 is 0 Å². The van der Waals surface area contributed by atoms with Crippen LogP contribution >= 0.6 is 0 Å². The highest BCUT2D eigenvalue weighted by Crippen LogP contribution is 2.22. The summed E-state index contributed by atoms with van der Waals surface area (Å²) in [5.41, 5.74) is 0. The van der Waals surface area contributed by atoms with E-state index in [1.54, 1.807) is 28.6 Å². The van der Waals surface area contributed by atoms with Crippen LogP contribution in [0.5, 0.6) is 5.75 Å². The van der Waals surface area contributed by atoms with Gasteiger partial charge in [-0.2, -0.15) is 4.31 Å². The smallest absolute Gasteiger partial charge is 0.243 e. The SMILES string of the molecule is CCCOc1ccc(S(=O)(=O)N(CC)C2CNC2)cc1. The molecule has 1 aromatic carbocycles. The van der Waals surface area contributed by atoms with E-state index in [9.17, 15) is 8.42 Å². The maximum absolute atomic E-state index is 12.6. The van der Waals surface area contributed by atoms with Gasteiger partial charge >= 0.3 is 0 Å². The normalized spacial score (nSPS) is 16.1. The minimum absolute atomic E-state index is 0.0704. The number of hydrogen-bond donors (Lipinski definition) is 1. The van der Waals surface area contributed by atoms with E-state index < -0.39 is 10.0 Å². The van der Waals surface area contributed by atoms with Crippen molar-refractivity contribution in [2.24, 2.45) is 0 Å². The Balaban J connectivity index is 2.15. The van der Waals surface area contributed by atoms with Crippen LogP contribution in [-0.2, 0) is 10.0 Å². The molecule has 0 aliphatic carbocycles. The summed E-state index contributed by atoms with van der Waals surface area (Å²) in [5.74, 6) is 0.708. The third-order valence-corrected chi connectivity index (χ3v) is 5.42. The summed E-state index contributed by atoms with van der Waals surface area (Å²) in [6, 6.07) is 6.75. The average molecular weight is 298 g/mol. The highest BCUT2D eigenvalue weighted by atomic mass is 32.2. The maximum Gasteiger partial charge on any atom is 0.243 e. The van der Waals surface area contributed by atoms with Crippen molar-refractivity contribution in [2.45, 2.75) is 31.2 Å². The summed E-state index contributed by atoms with van der Waals surface area (Å²) in [5, 5.41) is 3.11. The summed E-state index contributed by atoms with van der Waals surface area (Å²) in [7, 11) is -3.41. The lowest BCUT2D eigenvalue weighted by Crippen LogP contribution is -2.58. The van der Waals surface area contributed by atoms with Gasteiger partial charge < -0.3 is 10.1 Å². The van der Waals surface area contributed by atoms with E-state index in [2.05, 4.69) is 5.32 Å². The van der Waals surface area contributed by atoms with Crippen LogP contribution in [-0.4, -0.2) is 45.0 Å². The Morgan fingerprint density at radius 2 is 1.90 bits per heavy atom. The summed E-state index contributed by atoms with van der Waals surface area (Å²) in [6.45, 7) is 6.48. The molecule has 1 fully saturated rings. The van der Waals surface area contributed by atoms with Gasteiger partial charge in [-0.25, -0.2) is 8.42 Å². The fourth-order valence-corrected chi connectivity index (χ4v) is 3.80. The Kier molecular flexibility index (Phi) is 5.01. The number of ether oxygens (including phenoxy) is 1. The average Bonchev–Trinajstić information content (AvgIpc) is 2.40. The van der Waals surface area contributed by atoms with Crippen molar-refractivity contribution in [2.75, 3.05) is 26.2 Å². The van der Waals surface area contributed by atoms with Crippen LogP contribution in [0.2, 0.25) is 0 Å². The summed E-state index contributed by atoms with van der Waals surface area (Å²) >= 11 is 0. The number of hydrogen-bond acceptors (Lipinski definition) is 4. The first kappa shape index (κ1) is 15.3. The lowest BCUT2D eigenvalue weighted by molar-refractivity contribution is 0.249. The van der Waals surface area contributed by atoms with Gasteiger partial charge in [0.1, 0.15) is 5.75 Å². The standard InChI is InChI=1S/C14H22N2O3S/c1-3-9-19-13-5-7-14(8-6-13)20(17,18)16(4-2)12-10-15-11-12/h5-8,12,15H,3-4,9-11H2,1-2H3. The van der Waals surface area contributed by atoms with Gasteiger partial charge in [0.2, 0.25) is 10.0 Å². The monoisotopic (exact) mass is 298 g/mol. The fraction of sp³-hybridized carbons (Fsp3) is 0.571. The molecular formula is C14H22N2O3S. The predicted molar refractivity (Wildman–Crippen MR) is 78.5 cm³/mol. The molecule has 0 bridgehead atoms. The molecule has 1 aromatic rings. The molecule has 0 spiro atoms. The molecule has 0 saturated carbocycles. The molecule has 0 aromatic heterocycles. The van der Waals surface area contributed by atoms with E-state index in [4.69, 9.17) is 4.74 Å². The minimum atomic E-state index is -3.41. The zero-order valence-corrected chi connectivity index (χ0v) is 12.8. The van der Waals surface area contributed by atoms with Crippen LogP contribution in [0.1, 0.15) is 20.3 Å². The highest BCUT2D eigenvalue weighted by molar-refractivity contribution is 7.89. The second kappa shape index (κ2) is 6.56. The number of rotatable bonds is 7. The maximum atomic E-state index is 12.6. The van der Waals surface area contributed by atoms with Crippen LogP contribution in [0, 0.1) is 0 Å². The molecule has 6 heteroatoms. The van der Waals surface area contributed by atoms with Crippen molar-refractivity contribution in [3.05, 3.63) is 24.3 Å². The van der Waals surface area contributed by atoms with Gasteiger partial charge in [0, 0.05) is 25.7 Å². The zero-order valence-electron chi connectivity index (χ0n) is 12.0. The van der Waals surface area contributed by atoms with E-state index in [1.807, 2.05) is 13.8 Å². The minimum Gasteiger partial charge on any atom is -0.494 e. The molecule has 1 heterocycles. The van der Waals surface area contributed by atoms with E-state index in [0.29, 0.717) is 23.8 Å². The molecular weight excluding hydrogens is 276 g/mol. The van der Waals surface area contributed by atoms with Gasteiger partial charge in [0.15, 0.2) is 0 Å². The Morgan fingerprint density at radius 1 is 1.25 bits per heavy atom. The Bertz CT molecular complexity index is 524. The number of likely N-dealkylation sites (N-methyl/N-ethyl adjacent to an activating group) is 1. The molecule has 5 nitrogen and oxygen atoms in total. The highest BCUT2D eigenvalue weighted by Gasteiger charge is 2.33. The number of nitrogens with zero attached hydrogens (tertiary/aromatic N) is 1. The summed E-state index contributed by atoms with van der Waals surface area (Å²) in [4.78, 5) is 0.329. The quantitative estimate of drug-likeness (QED) is 0.828. The second-order valence-corrected chi connectivity index (χ2v) is 6.73. The molecule has 112 valence electrons. The topological polar surface area (TPSA) is 58.6 Å². The van der Waals surface area contributed by atoms with Crippen LogP contribution in [0.15, 0.2) is 29.2 Å². The van der Waals surface area contributed by atoms with Crippen LogP contribution < -0.4 is 10.1 Å². The molecule has 1 aliphatic rings. The Labute approximate surface area is 121 Å². The van der Waals surface area contributed by atoms with Crippen molar-refractivity contribution < 1.29 is 13.2 Å². The molecule has 1 N–H and O–H groups in total. The van der Waals surface area contributed by atoms with Crippen molar-refractivity contribution in [1.29, 1.82) is 0 Å². The number of benzene rings is 1. The summed E-state index contributed by atoms with van der Waals surface area (Å²) in [6.07, 6.45) is 0.929. The first-order valence-corrected chi connectivity index (χ1v) is 8.49. The van der Waals surface area contributed by atoms with Gasteiger partial charge in [-0.15, -0.1) is 0 Å². The zero-order chi connectivity index (χ0) is 14.6. The first-order valence-electron chi connectivity index (χ1n) is 7.05. The van der Waals surface area contributed by atoms with Crippen molar-refractivity contribution in [1.82, 2.24) is 9.62 Å². The van der Waals surface area contributed by atoms with Crippen molar-refractivity contribution in [3.8, 4) is 5.75 Å². The largest absolute Gasteiger partial charge is 0.494 e. The van der Waals surface area contributed by atoms with Crippen molar-refractivity contribution >= 4 is 10.0 Å². The van der Waals surface area contributed by atoms with Gasteiger partial charge in [-0.05, 0) is 30.7 Å². The lowest BCUT2D eigenvalue weighted by atomic mass is 10.2. The van der Waals surface area contributed by atoms with E-state index in [-0.39, 0.29) is 6.04 Å². The number of nitrogens with one attached hydrogen (secondary N) is 1. The van der Waals surface area contributed by atoms with Crippen LogP contribution in [0.4, 0.5) is 0 Å². The lowest BCUT2D eigenvalue weighted by Gasteiger charge is -2.36. The van der Waals surface area contributed by atoms with Gasteiger partial charge in [-0.3, -0.25) is 0 Å². The van der Waals surface area contributed by atoms with Crippen molar-refractivity contribution in [3.63, 3.8) is 0 Å². The second-order valence-electron chi connectivity index (χ2n) is 4.84. The molecule has 1 aliphatic heterocycles. The van der Waals surface area contributed by atoms with Gasteiger partial charge in [0.25, 0.3) is 0 Å². The van der Waals surface area contributed by atoms with Crippen LogP contribution in [0.3, 0.4) is 0 Å². The molecule has 0 atom stereocenters. The summed E-state index contributed by atoms with van der Waals surface area (Å²) < 4.78 is 32.2. The fourth-order valence-electron chi connectivity index (χ4n) is 2.16. The molecule has 20 heavy (non-hydrogen) atoms. The molecule has 0 radical (unpaired) electrons. The van der Waals surface area contributed by atoms with Gasteiger partial charge in [-0.1, -0.05) is 13.8 Å². The Morgan fingerprint density at radius 3 is 2.35 bits per heavy atom. The predicted octanol–water partition coefficient (Wildman–Crippen LogP) is 1.46. The van der Waals surface area contributed by atoms with E-state index in [1.165, 1.54) is 0 Å². The third-order valence-electron chi connectivity index (χ3n) is 3.38. The molecule has 0 unspecified atom stereocenters. The van der Waals surface area contributed by atoms with E-state index in [0.717, 1.165) is 19.5 Å². The third kappa shape index (κ3) is 3.13. The van der Waals surface area contributed by atoms with Crippen LogP contribution in [0.25, 0.3) is 0 Å².